The van der Waals surface area contributed by atoms with Crippen molar-refractivity contribution in [3.05, 3.63) is 48.0 Å². The molecule has 0 saturated carbocycles. The third-order valence-electron chi connectivity index (χ3n) is 5.22. The third kappa shape index (κ3) is 2.79. The van der Waals surface area contributed by atoms with Crippen LogP contribution in [-0.4, -0.2) is 39.6 Å². The minimum atomic E-state index is -0.329. The van der Waals surface area contributed by atoms with Gasteiger partial charge < -0.3 is 14.2 Å². The molecule has 0 spiro atoms. The number of hydrogen-bond donors (Lipinski definition) is 0. The van der Waals surface area contributed by atoms with Gasteiger partial charge in [-0.1, -0.05) is 18.2 Å². The first kappa shape index (κ1) is 15.2. The van der Waals surface area contributed by atoms with Crippen molar-refractivity contribution in [3.8, 4) is 5.75 Å². The van der Waals surface area contributed by atoms with Crippen LogP contribution in [0.5, 0.6) is 5.75 Å². The molecule has 1 aromatic carbocycles. The second kappa shape index (κ2) is 6.30. The molecular formula is C19H23N3O2. The number of aromatic nitrogens is 2. The molecule has 2 aliphatic rings. The Kier molecular flexibility index (Phi) is 4.00. The highest BCUT2D eigenvalue weighted by molar-refractivity contribution is 5.81. The molecule has 3 heterocycles. The molecule has 2 aliphatic heterocycles. The Morgan fingerprint density at radius 2 is 2.00 bits per heavy atom. The number of rotatable bonds is 2. The zero-order valence-electron chi connectivity index (χ0n) is 14.0. The van der Waals surface area contributed by atoms with Crippen molar-refractivity contribution < 1.29 is 9.53 Å². The number of fused-ring (bicyclic) bond motifs is 1. The SMILES string of the molecule is Cn1ccnc1C1CCN(C(=O)[C@@H]2CCc3ccccc3O2)CC1. The van der Waals surface area contributed by atoms with Gasteiger partial charge in [-0.15, -0.1) is 0 Å². The number of amides is 1. The Morgan fingerprint density at radius 3 is 2.75 bits per heavy atom. The molecule has 1 aromatic heterocycles. The van der Waals surface area contributed by atoms with Crippen LogP contribution in [-0.2, 0) is 18.3 Å². The molecule has 0 radical (unpaired) electrons. The van der Waals surface area contributed by atoms with Gasteiger partial charge in [-0.05, 0) is 37.3 Å². The number of imidazole rings is 1. The molecule has 2 aromatic rings. The first-order valence-electron chi connectivity index (χ1n) is 8.73. The van der Waals surface area contributed by atoms with Crippen LogP contribution in [0, 0.1) is 0 Å². The summed E-state index contributed by atoms with van der Waals surface area (Å²) in [5.74, 6) is 2.58. The van der Waals surface area contributed by atoms with Gasteiger partial charge in [0.15, 0.2) is 6.10 Å². The summed E-state index contributed by atoms with van der Waals surface area (Å²) in [5, 5.41) is 0. The number of para-hydroxylation sites is 1. The van der Waals surface area contributed by atoms with E-state index in [4.69, 9.17) is 4.74 Å². The molecule has 1 atom stereocenters. The lowest BCUT2D eigenvalue weighted by Gasteiger charge is -2.35. The summed E-state index contributed by atoms with van der Waals surface area (Å²) in [6, 6.07) is 8.02. The normalized spacial score (nSPS) is 21.2. The van der Waals surface area contributed by atoms with E-state index >= 15 is 0 Å². The number of carbonyl (C=O) groups is 1. The van der Waals surface area contributed by atoms with E-state index in [1.165, 1.54) is 5.56 Å². The van der Waals surface area contributed by atoms with Gasteiger partial charge >= 0.3 is 0 Å². The van der Waals surface area contributed by atoms with Gasteiger partial charge in [-0.3, -0.25) is 4.79 Å². The number of benzene rings is 1. The Balaban J connectivity index is 1.38. The van der Waals surface area contributed by atoms with Gasteiger partial charge in [0.25, 0.3) is 5.91 Å². The number of piperidine rings is 1. The topological polar surface area (TPSA) is 47.4 Å². The summed E-state index contributed by atoms with van der Waals surface area (Å²) >= 11 is 0. The lowest BCUT2D eigenvalue weighted by atomic mass is 9.94. The molecule has 5 nitrogen and oxygen atoms in total. The standard InChI is InChI=1S/C19H23N3O2/c1-21-13-10-20-18(21)15-8-11-22(12-9-15)19(23)17-7-6-14-4-2-3-5-16(14)24-17/h2-5,10,13,15,17H,6-9,11-12H2,1H3/t17-/m0/s1. The van der Waals surface area contributed by atoms with Gasteiger partial charge in [0.1, 0.15) is 11.6 Å². The molecule has 1 saturated heterocycles. The second-order valence-corrected chi connectivity index (χ2v) is 6.75. The van der Waals surface area contributed by atoms with Crippen LogP contribution in [0.4, 0.5) is 0 Å². The zero-order chi connectivity index (χ0) is 16.5. The number of ether oxygens (including phenoxy) is 1. The van der Waals surface area contributed by atoms with Crippen molar-refractivity contribution >= 4 is 5.91 Å². The van der Waals surface area contributed by atoms with E-state index in [0.717, 1.165) is 50.3 Å². The van der Waals surface area contributed by atoms with Gasteiger partial charge in [-0.2, -0.15) is 0 Å². The summed E-state index contributed by atoms with van der Waals surface area (Å²) in [4.78, 5) is 19.2. The van der Waals surface area contributed by atoms with Crippen molar-refractivity contribution in [2.24, 2.45) is 7.05 Å². The number of carbonyl (C=O) groups excluding carboxylic acids is 1. The number of aryl methyl sites for hydroxylation is 2. The van der Waals surface area contributed by atoms with E-state index in [1.807, 2.05) is 42.5 Å². The van der Waals surface area contributed by atoms with Crippen LogP contribution in [0.1, 0.15) is 36.6 Å². The predicted octanol–water partition coefficient (Wildman–Crippen LogP) is 2.52. The monoisotopic (exact) mass is 325 g/mol. The van der Waals surface area contributed by atoms with Gasteiger partial charge in [0.05, 0.1) is 0 Å². The van der Waals surface area contributed by atoms with Crippen molar-refractivity contribution in [1.29, 1.82) is 0 Å². The summed E-state index contributed by atoms with van der Waals surface area (Å²) in [6.45, 7) is 1.58. The van der Waals surface area contributed by atoms with E-state index in [1.54, 1.807) is 0 Å². The molecule has 0 aliphatic carbocycles. The Bertz CT molecular complexity index is 732. The minimum absolute atomic E-state index is 0.141. The fourth-order valence-electron chi connectivity index (χ4n) is 3.83. The Labute approximate surface area is 142 Å². The molecule has 0 N–H and O–H groups in total. The van der Waals surface area contributed by atoms with Crippen LogP contribution in [0.3, 0.4) is 0 Å². The first-order chi connectivity index (χ1) is 11.7. The second-order valence-electron chi connectivity index (χ2n) is 6.75. The first-order valence-corrected chi connectivity index (χ1v) is 8.73. The quantitative estimate of drug-likeness (QED) is 0.852. The maximum atomic E-state index is 12.8. The van der Waals surface area contributed by atoms with Crippen LogP contribution >= 0.6 is 0 Å². The predicted molar refractivity (Wildman–Crippen MR) is 90.9 cm³/mol. The Morgan fingerprint density at radius 1 is 1.21 bits per heavy atom. The lowest BCUT2D eigenvalue weighted by molar-refractivity contribution is -0.140. The average molecular weight is 325 g/mol. The van der Waals surface area contributed by atoms with Crippen LogP contribution in [0.25, 0.3) is 0 Å². The maximum absolute atomic E-state index is 12.8. The molecule has 0 bridgehead atoms. The van der Waals surface area contributed by atoms with Gasteiger partial charge in [-0.25, -0.2) is 4.98 Å². The molecule has 0 unspecified atom stereocenters. The van der Waals surface area contributed by atoms with Crippen LogP contribution < -0.4 is 4.74 Å². The molecule has 126 valence electrons. The van der Waals surface area contributed by atoms with Crippen molar-refractivity contribution in [3.63, 3.8) is 0 Å². The van der Waals surface area contributed by atoms with Crippen molar-refractivity contribution in [2.45, 2.75) is 37.7 Å². The molecule has 24 heavy (non-hydrogen) atoms. The van der Waals surface area contributed by atoms with Gasteiger partial charge in [0, 0.05) is 38.4 Å². The smallest absolute Gasteiger partial charge is 0.263 e. The maximum Gasteiger partial charge on any atom is 0.263 e. The minimum Gasteiger partial charge on any atom is -0.480 e. The molecular weight excluding hydrogens is 302 g/mol. The van der Waals surface area contributed by atoms with E-state index in [9.17, 15) is 4.79 Å². The van der Waals surface area contributed by atoms with Crippen molar-refractivity contribution in [2.75, 3.05) is 13.1 Å². The highest BCUT2D eigenvalue weighted by Crippen LogP contribution is 2.30. The number of likely N-dealkylation sites (tertiary alicyclic amines) is 1. The largest absolute Gasteiger partial charge is 0.480 e. The summed E-state index contributed by atoms with van der Waals surface area (Å²) in [5.41, 5.74) is 1.20. The summed E-state index contributed by atoms with van der Waals surface area (Å²) in [6.07, 6.45) is 7.13. The number of hydrogen-bond acceptors (Lipinski definition) is 3. The van der Waals surface area contributed by atoms with E-state index in [-0.39, 0.29) is 12.0 Å². The third-order valence-corrected chi connectivity index (χ3v) is 5.22. The van der Waals surface area contributed by atoms with E-state index < -0.39 is 0 Å². The summed E-state index contributed by atoms with van der Waals surface area (Å²) in [7, 11) is 2.03. The molecule has 1 fully saturated rings. The molecule has 4 rings (SSSR count). The highest BCUT2D eigenvalue weighted by atomic mass is 16.5. The average Bonchev–Trinajstić information content (AvgIpc) is 3.07. The Hall–Kier alpha value is -2.30. The van der Waals surface area contributed by atoms with Crippen LogP contribution in [0.15, 0.2) is 36.7 Å². The van der Waals surface area contributed by atoms with Crippen molar-refractivity contribution in [1.82, 2.24) is 14.5 Å². The van der Waals surface area contributed by atoms with Gasteiger partial charge in [0.2, 0.25) is 0 Å². The highest BCUT2D eigenvalue weighted by Gasteiger charge is 2.32. The number of nitrogens with zero attached hydrogens (tertiary/aromatic N) is 3. The fraction of sp³-hybridized carbons (Fsp3) is 0.474. The lowest BCUT2D eigenvalue weighted by Crippen LogP contribution is -2.46. The van der Waals surface area contributed by atoms with E-state index in [2.05, 4.69) is 15.6 Å². The fourth-order valence-corrected chi connectivity index (χ4v) is 3.83. The molecule has 5 heteroatoms. The summed E-state index contributed by atoms with van der Waals surface area (Å²) < 4.78 is 8.04. The molecule has 1 amide bonds. The van der Waals surface area contributed by atoms with E-state index in [0.29, 0.717) is 5.92 Å². The van der Waals surface area contributed by atoms with Crippen LogP contribution in [0.2, 0.25) is 0 Å². The zero-order valence-corrected chi connectivity index (χ0v) is 14.0.